The highest BCUT2D eigenvalue weighted by Crippen LogP contribution is 2.16. The molecule has 0 aliphatic carbocycles. The van der Waals surface area contributed by atoms with Gasteiger partial charge >= 0.3 is 5.97 Å². The van der Waals surface area contributed by atoms with Gasteiger partial charge in [0.25, 0.3) is 0 Å². The van der Waals surface area contributed by atoms with Gasteiger partial charge in [0.1, 0.15) is 11.6 Å². The third kappa shape index (κ3) is 2.96. The lowest BCUT2D eigenvalue weighted by molar-refractivity contribution is -0.132. The van der Waals surface area contributed by atoms with Crippen LogP contribution in [0.25, 0.3) is 6.08 Å². The summed E-state index contributed by atoms with van der Waals surface area (Å²) in [5.41, 5.74) is 1.66. The fourth-order valence-electron chi connectivity index (χ4n) is 1.29. The van der Waals surface area contributed by atoms with E-state index in [0.29, 0.717) is 5.92 Å². The van der Waals surface area contributed by atoms with E-state index in [2.05, 4.69) is 13.8 Å². The highest BCUT2D eigenvalue weighted by Gasteiger charge is 2.05. The summed E-state index contributed by atoms with van der Waals surface area (Å²) in [7, 11) is 0. The first-order valence-electron chi connectivity index (χ1n) is 4.99. The molecular weight excluding hydrogens is 202 g/mol. The number of carboxylic acid groups (broad SMARTS) is 1. The van der Waals surface area contributed by atoms with Gasteiger partial charge in [0.05, 0.1) is 0 Å². The molecule has 1 N–H and O–H groups in total. The molecule has 0 radical (unpaired) electrons. The average molecular weight is 215 g/mol. The molecule has 0 heterocycles. The first kappa shape index (κ1) is 12.0. The lowest BCUT2D eigenvalue weighted by Gasteiger charge is -2.04. The van der Waals surface area contributed by atoms with Crippen LogP contribution in [0, 0.1) is 11.3 Å². The molecule has 1 rings (SSSR count). The van der Waals surface area contributed by atoms with Crippen molar-refractivity contribution in [3.8, 4) is 6.07 Å². The van der Waals surface area contributed by atoms with E-state index >= 15 is 0 Å². The van der Waals surface area contributed by atoms with Crippen LogP contribution in [0.1, 0.15) is 30.9 Å². The van der Waals surface area contributed by atoms with Crippen LogP contribution in [0.3, 0.4) is 0 Å². The minimum absolute atomic E-state index is 0.253. The van der Waals surface area contributed by atoms with Crippen molar-refractivity contribution in [1.29, 1.82) is 5.26 Å². The zero-order valence-corrected chi connectivity index (χ0v) is 9.27. The Kier molecular flexibility index (Phi) is 3.84. The number of hydrogen-bond donors (Lipinski definition) is 1. The fraction of sp³-hybridized carbons (Fsp3) is 0.231. The molecule has 0 aromatic heterocycles. The second kappa shape index (κ2) is 5.13. The van der Waals surface area contributed by atoms with E-state index in [4.69, 9.17) is 10.4 Å². The molecule has 1 aromatic rings. The number of aliphatic carboxylic acids is 1. The molecule has 0 aliphatic heterocycles. The molecule has 0 fully saturated rings. The normalized spacial score (nSPS) is 11.2. The molecule has 3 heteroatoms. The van der Waals surface area contributed by atoms with Gasteiger partial charge in [0, 0.05) is 0 Å². The van der Waals surface area contributed by atoms with Crippen LogP contribution in [-0.2, 0) is 4.79 Å². The van der Waals surface area contributed by atoms with E-state index in [9.17, 15) is 4.79 Å². The van der Waals surface area contributed by atoms with Gasteiger partial charge in [-0.15, -0.1) is 0 Å². The molecular formula is C13H13NO2. The van der Waals surface area contributed by atoms with Crippen molar-refractivity contribution < 1.29 is 9.90 Å². The van der Waals surface area contributed by atoms with Crippen LogP contribution in [-0.4, -0.2) is 11.1 Å². The summed E-state index contributed by atoms with van der Waals surface area (Å²) in [4.78, 5) is 10.6. The molecule has 0 atom stereocenters. The van der Waals surface area contributed by atoms with Crippen molar-refractivity contribution in [2.24, 2.45) is 0 Å². The number of carboxylic acids is 1. The molecule has 0 aliphatic rings. The Morgan fingerprint density at radius 1 is 1.38 bits per heavy atom. The van der Waals surface area contributed by atoms with Gasteiger partial charge in [-0.2, -0.15) is 5.26 Å². The van der Waals surface area contributed by atoms with Crippen molar-refractivity contribution in [1.82, 2.24) is 0 Å². The van der Waals surface area contributed by atoms with Crippen LogP contribution < -0.4 is 0 Å². The van der Waals surface area contributed by atoms with Gasteiger partial charge in [0.2, 0.25) is 0 Å². The van der Waals surface area contributed by atoms with E-state index < -0.39 is 5.97 Å². The summed E-state index contributed by atoms with van der Waals surface area (Å²) < 4.78 is 0. The van der Waals surface area contributed by atoms with Crippen molar-refractivity contribution in [2.45, 2.75) is 19.8 Å². The Bertz CT molecular complexity index is 450. The van der Waals surface area contributed by atoms with Crippen LogP contribution in [0.5, 0.6) is 0 Å². The number of benzene rings is 1. The van der Waals surface area contributed by atoms with Crippen molar-refractivity contribution in [2.75, 3.05) is 0 Å². The molecule has 1 aromatic carbocycles. The van der Waals surface area contributed by atoms with Gasteiger partial charge in [0.15, 0.2) is 0 Å². The smallest absolute Gasteiger partial charge is 0.346 e. The second-order valence-corrected chi connectivity index (χ2v) is 3.80. The first-order chi connectivity index (χ1) is 7.54. The predicted molar refractivity (Wildman–Crippen MR) is 61.8 cm³/mol. The third-order valence-corrected chi connectivity index (χ3v) is 2.26. The number of carbonyl (C=O) groups is 1. The largest absolute Gasteiger partial charge is 0.477 e. The number of rotatable bonds is 3. The SMILES string of the molecule is CC(C)c1ccc(/C=C(/C#N)C(=O)O)cc1. The topological polar surface area (TPSA) is 61.1 Å². The van der Waals surface area contributed by atoms with Crippen molar-refractivity contribution >= 4 is 12.0 Å². The van der Waals surface area contributed by atoms with Crippen molar-refractivity contribution in [3.05, 3.63) is 41.0 Å². The molecule has 0 unspecified atom stereocenters. The zero-order chi connectivity index (χ0) is 12.1. The maximum absolute atomic E-state index is 10.6. The maximum atomic E-state index is 10.6. The highest BCUT2D eigenvalue weighted by atomic mass is 16.4. The number of nitriles is 1. The van der Waals surface area contributed by atoms with E-state index in [1.54, 1.807) is 6.07 Å². The lowest BCUT2D eigenvalue weighted by atomic mass is 10.0. The van der Waals surface area contributed by atoms with E-state index in [-0.39, 0.29) is 5.57 Å². The quantitative estimate of drug-likeness (QED) is 0.623. The van der Waals surface area contributed by atoms with Gasteiger partial charge in [-0.3, -0.25) is 0 Å². The highest BCUT2D eigenvalue weighted by molar-refractivity contribution is 5.96. The monoisotopic (exact) mass is 215 g/mol. The molecule has 0 saturated heterocycles. The Morgan fingerprint density at radius 2 is 1.94 bits per heavy atom. The van der Waals surface area contributed by atoms with E-state index in [1.807, 2.05) is 24.3 Å². The Morgan fingerprint density at radius 3 is 2.31 bits per heavy atom. The summed E-state index contributed by atoms with van der Waals surface area (Å²) in [5.74, 6) is -0.761. The molecule has 16 heavy (non-hydrogen) atoms. The summed E-state index contributed by atoms with van der Waals surface area (Å²) in [5, 5.41) is 17.3. The molecule has 0 amide bonds. The van der Waals surface area contributed by atoms with Gasteiger partial charge in [-0.1, -0.05) is 38.1 Å². The Labute approximate surface area is 94.6 Å². The summed E-state index contributed by atoms with van der Waals surface area (Å²) in [6.07, 6.45) is 1.37. The molecule has 0 saturated carbocycles. The average Bonchev–Trinajstić information content (AvgIpc) is 2.26. The zero-order valence-electron chi connectivity index (χ0n) is 9.27. The van der Waals surface area contributed by atoms with Crippen LogP contribution >= 0.6 is 0 Å². The van der Waals surface area contributed by atoms with Crippen LogP contribution in [0.4, 0.5) is 0 Å². The maximum Gasteiger partial charge on any atom is 0.346 e. The fourth-order valence-corrected chi connectivity index (χ4v) is 1.29. The lowest BCUT2D eigenvalue weighted by Crippen LogP contribution is -1.97. The van der Waals surface area contributed by atoms with Crippen LogP contribution in [0.15, 0.2) is 29.8 Å². The van der Waals surface area contributed by atoms with Crippen molar-refractivity contribution in [3.63, 3.8) is 0 Å². The second-order valence-electron chi connectivity index (χ2n) is 3.80. The molecule has 3 nitrogen and oxygen atoms in total. The van der Waals surface area contributed by atoms with Gasteiger partial charge in [-0.25, -0.2) is 4.79 Å². The van der Waals surface area contributed by atoms with E-state index in [0.717, 1.165) is 5.56 Å². The summed E-state index contributed by atoms with van der Waals surface area (Å²) in [6, 6.07) is 9.15. The number of nitrogens with zero attached hydrogens (tertiary/aromatic N) is 1. The first-order valence-corrected chi connectivity index (χ1v) is 4.99. The minimum Gasteiger partial charge on any atom is -0.477 e. The predicted octanol–water partition coefficient (Wildman–Crippen LogP) is 2.80. The standard InChI is InChI=1S/C13H13NO2/c1-9(2)11-5-3-10(4-6-11)7-12(8-14)13(15)16/h3-7,9H,1-2H3,(H,15,16)/b12-7-. The summed E-state index contributed by atoms with van der Waals surface area (Å²) in [6.45, 7) is 4.17. The Balaban J connectivity index is 3.00. The number of hydrogen-bond acceptors (Lipinski definition) is 2. The molecule has 0 spiro atoms. The van der Waals surface area contributed by atoms with Gasteiger partial charge < -0.3 is 5.11 Å². The van der Waals surface area contributed by atoms with E-state index in [1.165, 1.54) is 11.6 Å². The minimum atomic E-state index is -1.20. The molecule has 0 bridgehead atoms. The summed E-state index contributed by atoms with van der Waals surface area (Å²) >= 11 is 0. The molecule has 82 valence electrons. The third-order valence-electron chi connectivity index (χ3n) is 2.26. The van der Waals surface area contributed by atoms with Crippen LogP contribution in [0.2, 0.25) is 0 Å². The Hall–Kier alpha value is -2.08. The van der Waals surface area contributed by atoms with Gasteiger partial charge in [-0.05, 0) is 23.1 Å².